The molecule has 1 saturated heterocycles. The molecule has 0 radical (unpaired) electrons. The number of ether oxygens (including phenoxy) is 3. The van der Waals surface area contributed by atoms with Gasteiger partial charge in [0.2, 0.25) is 5.88 Å². The molecular formula is C34H47N7O7. The minimum absolute atomic E-state index is 0.0351. The van der Waals surface area contributed by atoms with Crippen LogP contribution >= 0.6 is 0 Å². The number of carbonyl (C=O) groups excluding carboxylic acids is 2. The van der Waals surface area contributed by atoms with E-state index < -0.39 is 11.6 Å². The molecule has 1 amide bonds. The first-order chi connectivity index (χ1) is 22.7. The Morgan fingerprint density at radius 1 is 1.12 bits per heavy atom. The first kappa shape index (κ1) is 36.1. The Kier molecular flexibility index (Phi) is 12.0. The lowest BCUT2D eigenvalue weighted by Crippen LogP contribution is -2.49. The number of rotatable bonds is 13. The third-order valence-electron chi connectivity index (χ3n) is 7.94. The summed E-state index contributed by atoms with van der Waals surface area (Å²) < 4.78 is 18.1. The van der Waals surface area contributed by atoms with Gasteiger partial charge in [-0.2, -0.15) is 5.10 Å². The second-order valence-electron chi connectivity index (χ2n) is 13.2. The van der Waals surface area contributed by atoms with Crippen LogP contribution in [0.3, 0.4) is 0 Å². The van der Waals surface area contributed by atoms with E-state index in [1.54, 1.807) is 47.1 Å². The number of anilines is 1. The molecule has 0 spiro atoms. The molecule has 1 aliphatic rings. The first-order valence-electron chi connectivity index (χ1n) is 16.2. The van der Waals surface area contributed by atoms with Crippen molar-refractivity contribution < 1.29 is 28.7 Å². The quantitative estimate of drug-likeness (QED) is 0.107. The molecule has 3 heterocycles. The Morgan fingerprint density at radius 3 is 2.52 bits per heavy atom. The average Bonchev–Trinajstić information content (AvgIpc) is 3.40. The molecule has 4 rings (SSSR count). The smallest absolute Gasteiger partial charge is 0.410 e. The number of esters is 1. The highest BCUT2D eigenvalue weighted by atomic mass is 16.6. The summed E-state index contributed by atoms with van der Waals surface area (Å²) in [4.78, 5) is 44.4. The SMILES string of the molecule is COC(=O)c1cc(C)nc(-c2cnn(C)c2OCCCC(C)CNc2cc(CN3CCN(C(=O)OC(C)(C)C)CC3)ccc2[N+](=O)[O-])c1. The zero-order valence-corrected chi connectivity index (χ0v) is 28.9. The van der Waals surface area contributed by atoms with Crippen LogP contribution in [0.2, 0.25) is 0 Å². The molecule has 48 heavy (non-hydrogen) atoms. The molecule has 0 saturated carbocycles. The van der Waals surface area contributed by atoms with Gasteiger partial charge in [-0.1, -0.05) is 13.0 Å². The van der Waals surface area contributed by atoms with Gasteiger partial charge in [0.05, 0.1) is 41.7 Å². The highest BCUT2D eigenvalue weighted by Gasteiger charge is 2.26. The number of aromatic nitrogens is 3. The van der Waals surface area contributed by atoms with E-state index in [-0.39, 0.29) is 22.6 Å². The van der Waals surface area contributed by atoms with Gasteiger partial charge < -0.3 is 24.4 Å². The summed E-state index contributed by atoms with van der Waals surface area (Å²) in [5, 5.41) is 19.4. The van der Waals surface area contributed by atoms with E-state index in [1.165, 1.54) is 7.11 Å². The van der Waals surface area contributed by atoms with Gasteiger partial charge in [0, 0.05) is 58.1 Å². The Bertz CT molecular complexity index is 1590. The summed E-state index contributed by atoms with van der Waals surface area (Å²) in [5.74, 6) is 0.321. The number of nitrogens with one attached hydrogen (secondary N) is 1. The van der Waals surface area contributed by atoms with E-state index in [9.17, 15) is 19.7 Å². The number of hydrogen-bond acceptors (Lipinski definition) is 11. The Labute approximate surface area is 281 Å². The molecule has 1 fully saturated rings. The third-order valence-corrected chi connectivity index (χ3v) is 7.94. The van der Waals surface area contributed by atoms with Gasteiger partial charge in [0.15, 0.2) is 0 Å². The van der Waals surface area contributed by atoms with Crippen LogP contribution in [-0.2, 0) is 23.1 Å². The lowest BCUT2D eigenvalue weighted by atomic mass is 10.1. The molecule has 1 aliphatic heterocycles. The van der Waals surface area contributed by atoms with Crippen LogP contribution in [0.1, 0.15) is 62.2 Å². The van der Waals surface area contributed by atoms with Crippen LogP contribution in [0.15, 0.2) is 36.5 Å². The van der Waals surface area contributed by atoms with E-state index >= 15 is 0 Å². The van der Waals surface area contributed by atoms with Crippen molar-refractivity contribution in [2.45, 2.75) is 59.6 Å². The monoisotopic (exact) mass is 665 g/mol. The standard InChI is InChI=1S/C34H47N7O7/c1-23(9-8-16-47-31-27(21-36-38(31)6)28-19-26(32(42)46-7)17-24(2)37-28)20-35-29-18-25(10-11-30(29)41(44)45)22-39-12-14-40(15-13-39)33(43)48-34(3,4)5/h10-11,17-19,21,23,35H,8-9,12-16,20,22H2,1-7H3. The lowest BCUT2D eigenvalue weighted by molar-refractivity contribution is -0.384. The predicted molar refractivity (Wildman–Crippen MR) is 181 cm³/mol. The number of amides is 1. The number of pyridine rings is 1. The highest BCUT2D eigenvalue weighted by Crippen LogP contribution is 2.30. The Balaban J connectivity index is 1.28. The number of nitro benzene ring substituents is 1. The summed E-state index contributed by atoms with van der Waals surface area (Å²) in [7, 11) is 3.12. The van der Waals surface area contributed by atoms with Crippen LogP contribution in [0.25, 0.3) is 11.3 Å². The molecular weight excluding hydrogens is 618 g/mol. The number of benzene rings is 1. The summed E-state index contributed by atoms with van der Waals surface area (Å²) in [6.07, 6.45) is 2.93. The Hall–Kier alpha value is -4.72. The van der Waals surface area contributed by atoms with Crippen molar-refractivity contribution in [2.24, 2.45) is 13.0 Å². The highest BCUT2D eigenvalue weighted by molar-refractivity contribution is 5.90. The van der Waals surface area contributed by atoms with Gasteiger partial charge in [-0.25, -0.2) is 14.3 Å². The van der Waals surface area contributed by atoms with E-state index in [2.05, 4.69) is 27.2 Å². The fourth-order valence-electron chi connectivity index (χ4n) is 5.46. The lowest BCUT2D eigenvalue weighted by Gasteiger charge is -2.35. The molecule has 14 nitrogen and oxygen atoms in total. The molecule has 1 N–H and O–H groups in total. The van der Waals surface area contributed by atoms with Crippen LogP contribution in [0, 0.1) is 23.0 Å². The van der Waals surface area contributed by atoms with Crippen LogP contribution in [-0.4, -0.2) is 93.6 Å². The normalized spacial score (nSPS) is 14.4. The molecule has 1 atom stereocenters. The average molecular weight is 666 g/mol. The van der Waals surface area contributed by atoms with Crippen molar-refractivity contribution in [1.29, 1.82) is 0 Å². The molecule has 0 aliphatic carbocycles. The zero-order valence-electron chi connectivity index (χ0n) is 28.9. The zero-order chi connectivity index (χ0) is 35.0. The number of nitro groups is 1. The van der Waals surface area contributed by atoms with Crippen LogP contribution in [0.5, 0.6) is 5.88 Å². The maximum atomic E-state index is 12.4. The van der Waals surface area contributed by atoms with Crippen molar-refractivity contribution in [2.75, 3.05) is 51.8 Å². The fourth-order valence-corrected chi connectivity index (χ4v) is 5.46. The maximum Gasteiger partial charge on any atom is 0.410 e. The summed E-state index contributed by atoms with van der Waals surface area (Å²) >= 11 is 0. The summed E-state index contributed by atoms with van der Waals surface area (Å²) in [5.41, 5.74) is 3.28. The van der Waals surface area contributed by atoms with Crippen molar-refractivity contribution >= 4 is 23.4 Å². The number of piperazine rings is 1. The third kappa shape index (κ3) is 9.89. The summed E-state index contributed by atoms with van der Waals surface area (Å²) in [6.45, 7) is 13.6. The van der Waals surface area contributed by atoms with Gasteiger partial charge in [0.1, 0.15) is 11.3 Å². The number of hydrogen-bond donors (Lipinski definition) is 1. The number of nitrogens with zero attached hydrogens (tertiary/aromatic N) is 6. The topological polar surface area (TPSA) is 154 Å². The number of carbonyl (C=O) groups is 2. The van der Waals surface area contributed by atoms with Crippen molar-refractivity contribution in [3.8, 4) is 17.1 Å². The minimum atomic E-state index is -0.537. The molecule has 2 aromatic heterocycles. The van der Waals surface area contributed by atoms with Gasteiger partial charge in [-0.05, 0) is 70.2 Å². The van der Waals surface area contributed by atoms with Crippen molar-refractivity contribution in [3.63, 3.8) is 0 Å². The van der Waals surface area contributed by atoms with Gasteiger partial charge in [-0.3, -0.25) is 20.0 Å². The van der Waals surface area contributed by atoms with Gasteiger partial charge in [0.25, 0.3) is 5.69 Å². The number of aryl methyl sites for hydroxylation is 2. The van der Waals surface area contributed by atoms with Crippen molar-refractivity contribution in [1.82, 2.24) is 24.6 Å². The molecule has 3 aromatic rings. The summed E-state index contributed by atoms with van der Waals surface area (Å²) in [6, 6.07) is 8.53. The van der Waals surface area contributed by atoms with E-state index in [1.807, 2.05) is 33.8 Å². The molecule has 260 valence electrons. The maximum absolute atomic E-state index is 12.4. The molecule has 1 aromatic carbocycles. The number of methoxy groups -OCH3 is 1. The first-order valence-corrected chi connectivity index (χ1v) is 16.2. The second kappa shape index (κ2) is 15.9. The van der Waals surface area contributed by atoms with Crippen molar-refractivity contribution in [3.05, 3.63) is 63.5 Å². The second-order valence-corrected chi connectivity index (χ2v) is 13.2. The predicted octanol–water partition coefficient (Wildman–Crippen LogP) is 5.45. The van der Waals surface area contributed by atoms with E-state index in [0.717, 1.165) is 18.4 Å². The molecule has 1 unspecified atom stereocenters. The van der Waals surface area contributed by atoms with Gasteiger partial charge >= 0.3 is 12.1 Å². The fraction of sp³-hybridized carbons (Fsp3) is 0.529. The molecule has 14 heteroatoms. The minimum Gasteiger partial charge on any atom is -0.477 e. The largest absolute Gasteiger partial charge is 0.477 e. The van der Waals surface area contributed by atoms with E-state index in [4.69, 9.17) is 14.2 Å². The Morgan fingerprint density at radius 2 is 1.85 bits per heavy atom. The van der Waals surface area contributed by atoms with Crippen LogP contribution in [0.4, 0.5) is 16.2 Å². The molecule has 0 bridgehead atoms. The van der Waals surface area contributed by atoms with Crippen LogP contribution < -0.4 is 10.1 Å². The van der Waals surface area contributed by atoms with E-state index in [0.29, 0.717) is 80.0 Å². The van der Waals surface area contributed by atoms with Gasteiger partial charge in [-0.15, -0.1) is 0 Å².